The van der Waals surface area contributed by atoms with Gasteiger partial charge in [-0.1, -0.05) is 13.0 Å². The summed E-state index contributed by atoms with van der Waals surface area (Å²) in [6.07, 6.45) is 0.906. The minimum atomic E-state index is -0.562. The molecule has 2 aromatic rings. The molecule has 0 spiro atoms. The van der Waals surface area contributed by atoms with Crippen molar-refractivity contribution >= 4 is 11.9 Å². The van der Waals surface area contributed by atoms with Gasteiger partial charge in [0.1, 0.15) is 5.75 Å². The van der Waals surface area contributed by atoms with Gasteiger partial charge in [-0.2, -0.15) is 0 Å². The number of amides is 1. The number of esters is 1. The molecule has 0 bridgehead atoms. The van der Waals surface area contributed by atoms with Crippen molar-refractivity contribution in [2.45, 2.75) is 26.3 Å². The molecule has 1 amide bonds. The van der Waals surface area contributed by atoms with Crippen LogP contribution in [0.5, 0.6) is 17.2 Å². The van der Waals surface area contributed by atoms with Crippen LogP contribution in [0.25, 0.3) is 0 Å². The molecule has 28 heavy (non-hydrogen) atoms. The molecule has 7 nitrogen and oxygen atoms in total. The summed E-state index contributed by atoms with van der Waals surface area (Å²) in [6, 6.07) is 11.8. The fourth-order valence-electron chi connectivity index (χ4n) is 2.67. The average molecular weight is 385 g/mol. The number of nitrogens with one attached hydrogen (secondary N) is 1. The first-order valence-electron chi connectivity index (χ1n) is 9.15. The first kappa shape index (κ1) is 19.5. The van der Waals surface area contributed by atoms with Gasteiger partial charge in [0.25, 0.3) is 5.91 Å². The number of fused-ring (bicyclic) bond motifs is 1. The van der Waals surface area contributed by atoms with Gasteiger partial charge in [-0.15, -0.1) is 0 Å². The number of ether oxygens (including phenoxy) is 4. The van der Waals surface area contributed by atoms with Gasteiger partial charge in [0.15, 0.2) is 18.1 Å². The van der Waals surface area contributed by atoms with Gasteiger partial charge < -0.3 is 24.3 Å². The maximum absolute atomic E-state index is 12.1. The first-order valence-corrected chi connectivity index (χ1v) is 9.15. The van der Waals surface area contributed by atoms with Gasteiger partial charge in [-0.3, -0.25) is 4.79 Å². The van der Waals surface area contributed by atoms with Crippen molar-refractivity contribution < 1.29 is 28.5 Å². The van der Waals surface area contributed by atoms with Crippen molar-refractivity contribution in [1.82, 2.24) is 5.32 Å². The Morgan fingerprint density at radius 1 is 1.11 bits per heavy atom. The Balaban J connectivity index is 1.47. The van der Waals surface area contributed by atoms with E-state index in [1.54, 1.807) is 30.3 Å². The summed E-state index contributed by atoms with van der Waals surface area (Å²) in [5.41, 5.74) is 1.23. The highest BCUT2D eigenvalue weighted by Crippen LogP contribution is 2.34. The standard InChI is InChI=1S/C21H23NO6/c1-3-10-25-17-7-4-15(5-8-17)21(24)26-12-20(23)22-14(2)16-6-9-18-19(11-16)28-13-27-18/h4-9,11,14H,3,10,12-13H2,1-2H3,(H,22,23)/t14-/m0/s1. The Morgan fingerprint density at radius 3 is 2.61 bits per heavy atom. The van der Waals surface area contributed by atoms with E-state index in [1.807, 2.05) is 26.0 Å². The minimum Gasteiger partial charge on any atom is -0.494 e. The van der Waals surface area contributed by atoms with Crippen molar-refractivity contribution in [2.75, 3.05) is 20.0 Å². The number of carbonyl (C=O) groups excluding carboxylic acids is 2. The van der Waals surface area contributed by atoms with E-state index in [1.165, 1.54) is 0 Å². The molecule has 2 aromatic carbocycles. The van der Waals surface area contributed by atoms with Crippen molar-refractivity contribution in [1.29, 1.82) is 0 Å². The van der Waals surface area contributed by atoms with Crippen LogP contribution in [0.3, 0.4) is 0 Å². The Kier molecular flexibility index (Phi) is 6.37. The van der Waals surface area contributed by atoms with Gasteiger partial charge in [0, 0.05) is 0 Å². The highest BCUT2D eigenvalue weighted by Gasteiger charge is 2.17. The van der Waals surface area contributed by atoms with Gasteiger partial charge in [-0.25, -0.2) is 4.79 Å². The lowest BCUT2D eigenvalue weighted by Crippen LogP contribution is -2.31. The molecule has 1 aliphatic heterocycles. The highest BCUT2D eigenvalue weighted by molar-refractivity contribution is 5.91. The molecule has 3 rings (SSSR count). The van der Waals surface area contributed by atoms with Crippen molar-refractivity contribution in [3.8, 4) is 17.2 Å². The summed E-state index contributed by atoms with van der Waals surface area (Å²) < 4.78 is 21.2. The van der Waals surface area contributed by atoms with Gasteiger partial charge in [0.05, 0.1) is 18.2 Å². The predicted octanol–water partition coefficient (Wildman–Crippen LogP) is 3.24. The van der Waals surface area contributed by atoms with E-state index in [0.29, 0.717) is 29.4 Å². The normalized spacial score (nSPS) is 12.9. The molecule has 0 fully saturated rings. The molecule has 7 heteroatoms. The second-order valence-electron chi connectivity index (χ2n) is 6.35. The minimum absolute atomic E-state index is 0.196. The summed E-state index contributed by atoms with van der Waals surface area (Å²) in [4.78, 5) is 24.2. The molecule has 1 aliphatic rings. The summed E-state index contributed by atoms with van der Waals surface area (Å²) in [7, 11) is 0. The van der Waals surface area contributed by atoms with Gasteiger partial charge in [-0.05, 0) is 55.3 Å². The number of benzene rings is 2. The van der Waals surface area contributed by atoms with E-state index in [4.69, 9.17) is 18.9 Å². The van der Waals surface area contributed by atoms with Crippen LogP contribution in [0.15, 0.2) is 42.5 Å². The molecular formula is C21H23NO6. The zero-order valence-corrected chi connectivity index (χ0v) is 15.9. The van der Waals surface area contributed by atoms with Crippen LogP contribution in [0.2, 0.25) is 0 Å². The zero-order valence-electron chi connectivity index (χ0n) is 15.9. The quantitative estimate of drug-likeness (QED) is 0.703. The van der Waals surface area contributed by atoms with Gasteiger partial charge >= 0.3 is 5.97 Å². The Morgan fingerprint density at radius 2 is 1.86 bits per heavy atom. The van der Waals surface area contributed by atoms with Crippen LogP contribution in [-0.2, 0) is 9.53 Å². The number of hydrogen-bond donors (Lipinski definition) is 1. The molecule has 0 unspecified atom stereocenters. The highest BCUT2D eigenvalue weighted by atomic mass is 16.7. The molecule has 0 saturated carbocycles. The molecule has 0 radical (unpaired) electrons. The van der Waals surface area contributed by atoms with E-state index in [2.05, 4.69) is 5.32 Å². The number of carbonyl (C=O) groups is 2. The second-order valence-corrected chi connectivity index (χ2v) is 6.35. The van der Waals surface area contributed by atoms with Crippen molar-refractivity contribution in [2.24, 2.45) is 0 Å². The molecule has 1 heterocycles. The lowest BCUT2D eigenvalue weighted by atomic mass is 10.1. The van der Waals surface area contributed by atoms with Crippen LogP contribution in [0.4, 0.5) is 0 Å². The average Bonchev–Trinajstić information content (AvgIpc) is 3.18. The molecule has 148 valence electrons. The fraction of sp³-hybridized carbons (Fsp3) is 0.333. The van der Waals surface area contributed by atoms with E-state index in [-0.39, 0.29) is 25.3 Å². The van der Waals surface area contributed by atoms with Crippen LogP contribution < -0.4 is 19.5 Å². The van der Waals surface area contributed by atoms with Crippen molar-refractivity contribution in [3.63, 3.8) is 0 Å². The molecule has 0 aliphatic carbocycles. The molecule has 0 saturated heterocycles. The maximum Gasteiger partial charge on any atom is 0.338 e. The first-order chi connectivity index (χ1) is 13.6. The third-order valence-corrected chi connectivity index (χ3v) is 4.17. The van der Waals surface area contributed by atoms with Crippen molar-refractivity contribution in [3.05, 3.63) is 53.6 Å². The van der Waals surface area contributed by atoms with Crippen LogP contribution in [-0.4, -0.2) is 31.9 Å². The van der Waals surface area contributed by atoms with E-state index >= 15 is 0 Å². The topological polar surface area (TPSA) is 83.1 Å². The third-order valence-electron chi connectivity index (χ3n) is 4.17. The van der Waals surface area contributed by atoms with E-state index in [0.717, 1.165) is 12.0 Å². The zero-order chi connectivity index (χ0) is 19.9. The smallest absolute Gasteiger partial charge is 0.338 e. The molecule has 1 atom stereocenters. The SMILES string of the molecule is CCCOc1ccc(C(=O)OCC(=O)N[C@@H](C)c2ccc3c(c2)OCO3)cc1. The number of hydrogen-bond acceptors (Lipinski definition) is 6. The predicted molar refractivity (Wildman–Crippen MR) is 102 cm³/mol. The maximum atomic E-state index is 12.1. The Bertz CT molecular complexity index is 833. The third kappa shape index (κ3) is 4.94. The lowest BCUT2D eigenvalue weighted by Gasteiger charge is -2.15. The van der Waals surface area contributed by atoms with Gasteiger partial charge in [0.2, 0.25) is 6.79 Å². The fourth-order valence-corrected chi connectivity index (χ4v) is 2.67. The monoisotopic (exact) mass is 385 g/mol. The lowest BCUT2D eigenvalue weighted by molar-refractivity contribution is -0.124. The van der Waals surface area contributed by atoms with E-state index in [9.17, 15) is 9.59 Å². The largest absolute Gasteiger partial charge is 0.494 e. The van der Waals surface area contributed by atoms with Crippen LogP contribution >= 0.6 is 0 Å². The molecule has 1 N–H and O–H groups in total. The Hall–Kier alpha value is -3.22. The van der Waals surface area contributed by atoms with Crippen LogP contribution in [0, 0.1) is 0 Å². The second kappa shape index (κ2) is 9.12. The summed E-state index contributed by atoms with van der Waals surface area (Å²) in [5, 5.41) is 2.79. The summed E-state index contributed by atoms with van der Waals surface area (Å²) >= 11 is 0. The molecule has 0 aromatic heterocycles. The van der Waals surface area contributed by atoms with Crippen LogP contribution in [0.1, 0.15) is 42.2 Å². The number of rotatable bonds is 8. The summed E-state index contributed by atoms with van der Waals surface area (Å²) in [5.74, 6) is 1.07. The summed E-state index contributed by atoms with van der Waals surface area (Å²) in [6.45, 7) is 4.31. The van der Waals surface area contributed by atoms with E-state index < -0.39 is 5.97 Å². The molecular weight excluding hydrogens is 362 g/mol. The Labute approximate surface area is 163 Å².